The van der Waals surface area contributed by atoms with Crippen LogP contribution in [0, 0.1) is 0 Å². The maximum atomic E-state index is 11.7. The van der Waals surface area contributed by atoms with Gasteiger partial charge in [0.2, 0.25) is 0 Å². The van der Waals surface area contributed by atoms with Crippen molar-refractivity contribution >= 4 is 28.8 Å². The minimum atomic E-state index is -0.994. The molecule has 0 bridgehead atoms. The lowest BCUT2D eigenvalue weighted by molar-refractivity contribution is -0.133. The number of carbonyl (C=O) groups is 1. The normalized spacial score (nSPS) is 10.9. The zero-order chi connectivity index (χ0) is 13.1. The first-order valence-corrected chi connectivity index (χ1v) is 6.01. The third-order valence-electron chi connectivity index (χ3n) is 2.13. The lowest BCUT2D eigenvalue weighted by Crippen LogP contribution is -2.12. The van der Waals surface area contributed by atoms with Gasteiger partial charge in [0.25, 0.3) is 5.56 Å². The van der Waals surface area contributed by atoms with Gasteiger partial charge in [0.05, 0.1) is 25.1 Å². The lowest BCUT2D eigenvalue weighted by atomic mass is 10.4. The number of carboxylic acids is 1. The summed E-state index contributed by atoms with van der Waals surface area (Å²) >= 11 is 0.918. The highest BCUT2D eigenvalue weighted by Crippen LogP contribution is 2.14. The molecule has 0 saturated heterocycles. The summed E-state index contributed by atoms with van der Waals surface area (Å²) < 4.78 is 1.40. The molecule has 3 N–H and O–H groups in total. The molecule has 8 nitrogen and oxygen atoms in total. The van der Waals surface area contributed by atoms with E-state index in [4.69, 9.17) is 10.2 Å². The summed E-state index contributed by atoms with van der Waals surface area (Å²) in [4.78, 5) is 28.7. The van der Waals surface area contributed by atoms with Gasteiger partial charge in [-0.25, -0.2) is 9.67 Å². The summed E-state index contributed by atoms with van der Waals surface area (Å²) in [5.41, 5.74) is -0.0437. The Hall–Kier alpha value is -1.87. The quantitative estimate of drug-likeness (QED) is 0.484. The largest absolute Gasteiger partial charge is 0.481 e. The van der Waals surface area contributed by atoms with Crippen LogP contribution in [-0.4, -0.2) is 48.3 Å². The molecule has 2 aromatic heterocycles. The molecule has 0 saturated carbocycles. The monoisotopic (exact) mass is 270 g/mol. The zero-order valence-corrected chi connectivity index (χ0v) is 9.98. The van der Waals surface area contributed by atoms with E-state index in [9.17, 15) is 9.59 Å². The fraction of sp³-hybridized carbons (Fsp3) is 0.333. The third kappa shape index (κ3) is 2.51. The van der Waals surface area contributed by atoms with Crippen LogP contribution in [0.5, 0.6) is 0 Å². The number of nitrogens with zero attached hydrogens (tertiary/aromatic N) is 3. The van der Waals surface area contributed by atoms with Gasteiger partial charge in [0.1, 0.15) is 5.39 Å². The molecule has 9 heteroatoms. The molecule has 96 valence electrons. The molecule has 2 aromatic rings. The Labute approximate surface area is 105 Å². The number of fused-ring (bicyclic) bond motifs is 1. The highest BCUT2D eigenvalue weighted by atomic mass is 32.2. The van der Waals surface area contributed by atoms with Gasteiger partial charge in [0, 0.05) is 0 Å². The Morgan fingerprint density at radius 1 is 1.56 bits per heavy atom. The summed E-state index contributed by atoms with van der Waals surface area (Å²) in [7, 11) is 0. The minimum Gasteiger partial charge on any atom is -0.481 e. The van der Waals surface area contributed by atoms with E-state index >= 15 is 0 Å². The first-order chi connectivity index (χ1) is 8.61. The van der Waals surface area contributed by atoms with E-state index in [2.05, 4.69) is 15.1 Å². The number of aromatic nitrogens is 4. The first-order valence-electron chi connectivity index (χ1n) is 5.03. The number of hydrogen-bond acceptors (Lipinski definition) is 6. The number of hydrogen-bond donors (Lipinski definition) is 3. The second-order valence-corrected chi connectivity index (χ2v) is 4.35. The molecule has 18 heavy (non-hydrogen) atoms. The number of H-pyrrole nitrogens is 1. The molecule has 0 atom stereocenters. The molecule has 0 radical (unpaired) electrons. The van der Waals surface area contributed by atoms with Gasteiger partial charge >= 0.3 is 5.97 Å². The Balaban J connectivity index is 2.41. The fourth-order valence-electron chi connectivity index (χ4n) is 1.40. The van der Waals surface area contributed by atoms with Gasteiger partial charge < -0.3 is 15.2 Å². The van der Waals surface area contributed by atoms with Crippen LogP contribution in [0.15, 0.2) is 16.1 Å². The van der Waals surface area contributed by atoms with Crippen LogP contribution in [0.4, 0.5) is 0 Å². The molecule has 0 aliphatic rings. The van der Waals surface area contributed by atoms with Gasteiger partial charge in [-0.2, -0.15) is 5.10 Å². The van der Waals surface area contributed by atoms with E-state index in [0.29, 0.717) is 11.0 Å². The molecule has 0 unspecified atom stereocenters. The average molecular weight is 270 g/mol. The van der Waals surface area contributed by atoms with Gasteiger partial charge in [-0.1, -0.05) is 11.8 Å². The van der Waals surface area contributed by atoms with Crippen LogP contribution in [0.3, 0.4) is 0 Å². The molecule has 0 amide bonds. The molecule has 0 spiro atoms. The molecule has 0 aromatic carbocycles. The standard InChI is InChI=1S/C9H10N4O4S/c14-2-1-13-7-5(3-10-13)8(17)12-9(11-7)18-4-6(15)16/h3,14H,1-2,4H2,(H,15,16)(H,11,12,17). The first kappa shape index (κ1) is 12.6. The number of aliphatic carboxylic acids is 1. The van der Waals surface area contributed by atoms with Crippen molar-refractivity contribution in [3.8, 4) is 0 Å². The molecule has 0 aliphatic heterocycles. The molecule has 0 aliphatic carbocycles. The second kappa shape index (κ2) is 5.19. The molecule has 0 fully saturated rings. The topological polar surface area (TPSA) is 121 Å². The van der Waals surface area contributed by atoms with E-state index < -0.39 is 5.97 Å². The van der Waals surface area contributed by atoms with Gasteiger partial charge in [-0.3, -0.25) is 9.59 Å². The van der Waals surface area contributed by atoms with Crippen molar-refractivity contribution in [2.45, 2.75) is 11.7 Å². The van der Waals surface area contributed by atoms with Crippen LogP contribution in [0.25, 0.3) is 11.0 Å². The number of nitrogens with one attached hydrogen (secondary N) is 1. The molecular formula is C9H10N4O4S. The lowest BCUT2D eigenvalue weighted by Gasteiger charge is -2.01. The summed E-state index contributed by atoms with van der Waals surface area (Å²) in [5.74, 6) is -1.19. The van der Waals surface area contributed by atoms with Crippen molar-refractivity contribution in [3.05, 3.63) is 16.6 Å². The van der Waals surface area contributed by atoms with Crippen LogP contribution in [0.2, 0.25) is 0 Å². The van der Waals surface area contributed by atoms with Crippen LogP contribution in [-0.2, 0) is 11.3 Å². The second-order valence-electron chi connectivity index (χ2n) is 3.38. The zero-order valence-electron chi connectivity index (χ0n) is 9.16. The third-order valence-corrected chi connectivity index (χ3v) is 2.99. The van der Waals surface area contributed by atoms with Crippen LogP contribution >= 0.6 is 11.8 Å². The number of aliphatic hydroxyl groups is 1. The number of thioether (sulfide) groups is 1. The average Bonchev–Trinajstić information content (AvgIpc) is 2.71. The van der Waals surface area contributed by atoms with Gasteiger partial charge in [-0.15, -0.1) is 0 Å². The number of aromatic amines is 1. The number of aliphatic hydroxyl groups excluding tert-OH is 1. The highest BCUT2D eigenvalue weighted by Gasteiger charge is 2.10. The van der Waals surface area contributed by atoms with Gasteiger partial charge in [0.15, 0.2) is 10.8 Å². The summed E-state index contributed by atoms with van der Waals surface area (Å²) in [6.45, 7) is 0.103. The molecule has 2 heterocycles. The van der Waals surface area contributed by atoms with Crippen molar-refractivity contribution in [2.75, 3.05) is 12.4 Å². The Bertz CT molecular complexity index is 635. The Morgan fingerprint density at radius 2 is 2.33 bits per heavy atom. The predicted molar refractivity (Wildman–Crippen MR) is 63.6 cm³/mol. The summed E-state index contributed by atoms with van der Waals surface area (Å²) in [5, 5.41) is 21.9. The molecule has 2 rings (SSSR count). The number of rotatable bonds is 5. The van der Waals surface area contributed by atoms with E-state index in [1.165, 1.54) is 10.9 Å². The maximum absolute atomic E-state index is 11.7. The smallest absolute Gasteiger partial charge is 0.313 e. The van der Waals surface area contributed by atoms with Crippen molar-refractivity contribution in [2.24, 2.45) is 0 Å². The van der Waals surface area contributed by atoms with E-state index in [1.807, 2.05) is 0 Å². The SMILES string of the molecule is O=C(O)CSc1nc2c(cnn2CCO)c(=O)[nH]1. The predicted octanol–water partition coefficient (Wildman–Crippen LogP) is -0.711. The Kier molecular flexibility index (Phi) is 3.63. The maximum Gasteiger partial charge on any atom is 0.313 e. The van der Waals surface area contributed by atoms with E-state index in [-0.39, 0.29) is 29.6 Å². The van der Waals surface area contributed by atoms with Crippen LogP contribution < -0.4 is 5.56 Å². The summed E-state index contributed by atoms with van der Waals surface area (Å²) in [6.07, 6.45) is 1.36. The fourth-order valence-corrected chi connectivity index (χ4v) is 1.98. The summed E-state index contributed by atoms with van der Waals surface area (Å²) in [6, 6.07) is 0. The Morgan fingerprint density at radius 3 is 3.00 bits per heavy atom. The van der Waals surface area contributed by atoms with Gasteiger partial charge in [-0.05, 0) is 0 Å². The minimum absolute atomic E-state index is 0.122. The highest BCUT2D eigenvalue weighted by molar-refractivity contribution is 7.99. The van der Waals surface area contributed by atoms with Crippen molar-refractivity contribution in [1.29, 1.82) is 0 Å². The van der Waals surface area contributed by atoms with Crippen molar-refractivity contribution < 1.29 is 15.0 Å². The van der Waals surface area contributed by atoms with Crippen molar-refractivity contribution in [1.82, 2.24) is 19.7 Å². The number of carboxylic acid groups (broad SMARTS) is 1. The van der Waals surface area contributed by atoms with E-state index in [1.54, 1.807) is 0 Å². The molecular weight excluding hydrogens is 260 g/mol. The van der Waals surface area contributed by atoms with Crippen molar-refractivity contribution in [3.63, 3.8) is 0 Å². The van der Waals surface area contributed by atoms with Crippen LogP contribution in [0.1, 0.15) is 0 Å². The van der Waals surface area contributed by atoms with E-state index in [0.717, 1.165) is 11.8 Å².